The van der Waals surface area contributed by atoms with Crippen LogP contribution in [-0.2, 0) is 6.54 Å². The van der Waals surface area contributed by atoms with Gasteiger partial charge in [-0.1, -0.05) is 6.92 Å². The van der Waals surface area contributed by atoms with Crippen molar-refractivity contribution in [2.75, 3.05) is 19.6 Å². The lowest BCUT2D eigenvalue weighted by atomic mass is 10.0. The van der Waals surface area contributed by atoms with E-state index in [1.807, 2.05) is 12.1 Å². The van der Waals surface area contributed by atoms with Gasteiger partial charge in [-0.05, 0) is 51.0 Å². The molecule has 2 aromatic rings. The molecule has 0 unspecified atom stereocenters. The van der Waals surface area contributed by atoms with E-state index >= 15 is 0 Å². The molecule has 0 aromatic carbocycles. The highest BCUT2D eigenvalue weighted by molar-refractivity contribution is 5.42. The highest BCUT2D eigenvalue weighted by Crippen LogP contribution is 2.20. The molecule has 21 heavy (non-hydrogen) atoms. The molecule has 1 saturated heterocycles. The van der Waals surface area contributed by atoms with E-state index in [0.717, 1.165) is 26.1 Å². The first-order valence-corrected chi connectivity index (χ1v) is 7.68. The van der Waals surface area contributed by atoms with Crippen LogP contribution in [0.1, 0.15) is 32.1 Å². The van der Waals surface area contributed by atoms with Crippen molar-refractivity contribution in [2.45, 2.75) is 38.8 Å². The summed E-state index contributed by atoms with van der Waals surface area (Å²) in [6.45, 7) is 6.16. The van der Waals surface area contributed by atoms with Gasteiger partial charge in [0, 0.05) is 6.04 Å². The summed E-state index contributed by atoms with van der Waals surface area (Å²) in [7, 11) is 0. The second-order valence-electron chi connectivity index (χ2n) is 5.43. The molecule has 1 fully saturated rings. The Balaban J connectivity index is 1.67. The second kappa shape index (κ2) is 6.87. The molecule has 3 heterocycles. The summed E-state index contributed by atoms with van der Waals surface area (Å²) in [5.41, 5.74) is 0. The van der Waals surface area contributed by atoms with E-state index in [4.69, 9.17) is 8.83 Å². The molecular weight excluding hydrogens is 268 g/mol. The maximum absolute atomic E-state index is 5.72. The average Bonchev–Trinajstić information content (AvgIpc) is 3.19. The van der Waals surface area contributed by atoms with Crippen LogP contribution < -0.4 is 5.32 Å². The van der Waals surface area contributed by atoms with E-state index in [-0.39, 0.29) is 0 Å². The molecule has 0 spiro atoms. The van der Waals surface area contributed by atoms with Gasteiger partial charge < -0.3 is 14.2 Å². The molecule has 0 amide bonds. The highest BCUT2D eigenvalue weighted by atomic mass is 16.4. The maximum atomic E-state index is 5.72. The summed E-state index contributed by atoms with van der Waals surface area (Å²) in [6, 6.07) is 4.25. The minimum atomic E-state index is 0.455. The Morgan fingerprint density at radius 2 is 2.19 bits per heavy atom. The van der Waals surface area contributed by atoms with Gasteiger partial charge in [-0.25, -0.2) is 0 Å². The Bertz CT molecular complexity index is 532. The fourth-order valence-electron chi connectivity index (χ4n) is 2.84. The van der Waals surface area contributed by atoms with E-state index in [9.17, 15) is 0 Å². The molecule has 6 nitrogen and oxygen atoms in total. The van der Waals surface area contributed by atoms with E-state index in [0.29, 0.717) is 30.1 Å². The summed E-state index contributed by atoms with van der Waals surface area (Å²) in [5.74, 6) is 1.74. The van der Waals surface area contributed by atoms with Crippen LogP contribution in [0.3, 0.4) is 0 Å². The fourth-order valence-corrected chi connectivity index (χ4v) is 2.84. The summed E-state index contributed by atoms with van der Waals surface area (Å²) < 4.78 is 11.0. The third-order valence-electron chi connectivity index (χ3n) is 3.87. The van der Waals surface area contributed by atoms with Gasteiger partial charge in [-0.2, -0.15) is 0 Å². The molecule has 0 aliphatic carbocycles. The van der Waals surface area contributed by atoms with Gasteiger partial charge in [0.1, 0.15) is 0 Å². The van der Waals surface area contributed by atoms with Crippen molar-refractivity contribution in [1.82, 2.24) is 20.4 Å². The number of hydrogen-bond donors (Lipinski definition) is 1. The zero-order chi connectivity index (χ0) is 14.5. The smallest absolute Gasteiger partial charge is 0.283 e. The SMILES string of the molecule is CCCN(Cc1nnc(-c2ccco2)o1)C1CCNCC1. The number of rotatable bonds is 6. The van der Waals surface area contributed by atoms with Crippen LogP contribution in [-0.4, -0.2) is 40.8 Å². The lowest BCUT2D eigenvalue weighted by Gasteiger charge is -2.33. The standard InChI is InChI=1S/C15H22N4O2/c1-2-9-19(12-5-7-16-8-6-12)11-14-17-18-15(21-14)13-4-3-10-20-13/h3-4,10,12,16H,2,5-9,11H2,1H3. The van der Waals surface area contributed by atoms with E-state index in [2.05, 4.69) is 27.3 Å². The van der Waals surface area contributed by atoms with Crippen LogP contribution in [0.25, 0.3) is 11.7 Å². The Hall–Kier alpha value is -1.66. The predicted molar refractivity (Wildman–Crippen MR) is 78.6 cm³/mol. The van der Waals surface area contributed by atoms with Crippen LogP contribution in [0, 0.1) is 0 Å². The summed E-state index contributed by atoms with van der Waals surface area (Å²) in [4.78, 5) is 2.46. The molecule has 3 rings (SSSR count). The number of furan rings is 1. The Labute approximate surface area is 124 Å². The van der Waals surface area contributed by atoms with Crippen LogP contribution in [0.4, 0.5) is 0 Å². The first kappa shape index (κ1) is 14.3. The molecule has 6 heteroatoms. The Morgan fingerprint density at radius 1 is 1.33 bits per heavy atom. The third-order valence-corrected chi connectivity index (χ3v) is 3.87. The van der Waals surface area contributed by atoms with Crippen molar-refractivity contribution >= 4 is 0 Å². The Kier molecular flexibility index (Phi) is 4.67. The molecule has 114 valence electrons. The predicted octanol–water partition coefficient (Wildman–Crippen LogP) is 2.29. The van der Waals surface area contributed by atoms with Gasteiger partial charge in [0.25, 0.3) is 5.89 Å². The van der Waals surface area contributed by atoms with Crippen LogP contribution in [0.15, 0.2) is 27.2 Å². The van der Waals surface area contributed by atoms with E-state index in [1.54, 1.807) is 6.26 Å². The molecule has 1 aliphatic heterocycles. The van der Waals surface area contributed by atoms with Gasteiger partial charge in [-0.15, -0.1) is 10.2 Å². The zero-order valence-corrected chi connectivity index (χ0v) is 12.4. The van der Waals surface area contributed by atoms with Crippen molar-refractivity contribution in [3.63, 3.8) is 0 Å². The third kappa shape index (κ3) is 3.51. The summed E-state index contributed by atoms with van der Waals surface area (Å²) in [6.07, 6.45) is 5.10. The van der Waals surface area contributed by atoms with Crippen molar-refractivity contribution in [1.29, 1.82) is 0 Å². The number of piperidine rings is 1. The molecule has 0 atom stereocenters. The van der Waals surface area contributed by atoms with Crippen molar-refractivity contribution in [3.05, 3.63) is 24.3 Å². The molecule has 2 aromatic heterocycles. The van der Waals surface area contributed by atoms with Crippen LogP contribution in [0.2, 0.25) is 0 Å². The second-order valence-corrected chi connectivity index (χ2v) is 5.43. The van der Waals surface area contributed by atoms with Gasteiger partial charge in [-0.3, -0.25) is 4.90 Å². The lowest BCUT2D eigenvalue weighted by Crippen LogP contribution is -2.43. The largest absolute Gasteiger partial charge is 0.459 e. The molecule has 0 radical (unpaired) electrons. The molecule has 0 bridgehead atoms. The first-order chi connectivity index (χ1) is 10.4. The normalized spacial score (nSPS) is 16.7. The molecule has 1 aliphatic rings. The maximum Gasteiger partial charge on any atom is 0.283 e. The van der Waals surface area contributed by atoms with E-state index in [1.165, 1.54) is 12.8 Å². The minimum absolute atomic E-state index is 0.455. The van der Waals surface area contributed by atoms with Gasteiger partial charge in [0.05, 0.1) is 12.8 Å². The summed E-state index contributed by atoms with van der Waals surface area (Å²) >= 11 is 0. The van der Waals surface area contributed by atoms with Crippen LogP contribution in [0.5, 0.6) is 0 Å². The number of nitrogens with zero attached hydrogens (tertiary/aromatic N) is 3. The van der Waals surface area contributed by atoms with Gasteiger partial charge in [0.2, 0.25) is 5.89 Å². The monoisotopic (exact) mass is 290 g/mol. The van der Waals surface area contributed by atoms with Gasteiger partial charge in [0.15, 0.2) is 5.76 Å². The van der Waals surface area contributed by atoms with Crippen molar-refractivity contribution in [3.8, 4) is 11.7 Å². The quantitative estimate of drug-likeness (QED) is 0.880. The Morgan fingerprint density at radius 3 is 2.90 bits per heavy atom. The minimum Gasteiger partial charge on any atom is -0.459 e. The highest BCUT2D eigenvalue weighted by Gasteiger charge is 2.22. The number of hydrogen-bond acceptors (Lipinski definition) is 6. The van der Waals surface area contributed by atoms with Gasteiger partial charge >= 0.3 is 0 Å². The summed E-state index contributed by atoms with van der Waals surface area (Å²) in [5, 5.41) is 11.6. The first-order valence-electron chi connectivity index (χ1n) is 7.68. The zero-order valence-electron chi connectivity index (χ0n) is 12.4. The lowest BCUT2D eigenvalue weighted by molar-refractivity contribution is 0.141. The van der Waals surface area contributed by atoms with E-state index < -0.39 is 0 Å². The fraction of sp³-hybridized carbons (Fsp3) is 0.600. The topological polar surface area (TPSA) is 67.3 Å². The number of aromatic nitrogens is 2. The van der Waals surface area contributed by atoms with Crippen LogP contribution >= 0.6 is 0 Å². The molecular formula is C15H22N4O2. The number of nitrogens with one attached hydrogen (secondary N) is 1. The van der Waals surface area contributed by atoms with Crippen molar-refractivity contribution in [2.24, 2.45) is 0 Å². The molecule has 1 N–H and O–H groups in total. The van der Waals surface area contributed by atoms with Crippen molar-refractivity contribution < 1.29 is 8.83 Å². The molecule has 0 saturated carbocycles. The average molecular weight is 290 g/mol.